The van der Waals surface area contributed by atoms with Crippen molar-refractivity contribution in [3.63, 3.8) is 0 Å². The van der Waals surface area contributed by atoms with Gasteiger partial charge in [0.2, 0.25) is 11.9 Å². The summed E-state index contributed by atoms with van der Waals surface area (Å²) in [5.74, 6) is 1.39. The highest BCUT2D eigenvalue weighted by molar-refractivity contribution is 6.33. The molecule has 3 aromatic rings. The third-order valence-corrected chi connectivity index (χ3v) is 5.85. The summed E-state index contributed by atoms with van der Waals surface area (Å²) < 4.78 is 0. The van der Waals surface area contributed by atoms with Crippen molar-refractivity contribution in [1.29, 1.82) is 0 Å². The van der Waals surface area contributed by atoms with Crippen LogP contribution in [-0.4, -0.2) is 29.0 Å². The Morgan fingerprint density at radius 1 is 1.06 bits per heavy atom. The number of nitrogens with zero attached hydrogens (tertiary/aromatic N) is 3. The highest BCUT2D eigenvalue weighted by atomic mass is 35.5. The molecule has 6 nitrogen and oxygen atoms in total. The molecule has 4 rings (SSSR count). The monoisotopic (exact) mass is 455 g/mol. The molecule has 160 valence electrons. The number of hydrogen-bond donors (Lipinski definition) is 2. The molecule has 1 aliphatic heterocycles. The summed E-state index contributed by atoms with van der Waals surface area (Å²) in [6.07, 6.45) is 3.24. The number of nitrogens with one attached hydrogen (secondary N) is 2. The zero-order valence-electron chi connectivity index (χ0n) is 16.9. The zero-order valence-corrected chi connectivity index (χ0v) is 18.4. The number of amides is 1. The minimum atomic E-state index is -0.0140. The second-order valence-corrected chi connectivity index (χ2v) is 8.30. The maximum Gasteiger partial charge on any atom is 0.227 e. The number of halogens is 2. The fourth-order valence-corrected chi connectivity index (χ4v) is 3.99. The molecule has 0 unspecified atom stereocenters. The molecule has 0 saturated carbocycles. The lowest BCUT2D eigenvalue weighted by Gasteiger charge is -2.31. The highest BCUT2D eigenvalue weighted by Crippen LogP contribution is 2.26. The van der Waals surface area contributed by atoms with E-state index in [0.29, 0.717) is 28.4 Å². The molecule has 31 heavy (non-hydrogen) atoms. The SMILES string of the molecule is O=C(NCc1cccc(Cl)c1)C1CCN(c2nccc(Nc3ccccc3Cl)n2)CC1. The molecule has 0 aliphatic carbocycles. The summed E-state index contributed by atoms with van der Waals surface area (Å²) in [6.45, 7) is 1.94. The standard InChI is InChI=1S/C23H23Cl2N5O/c24-18-5-3-4-16(14-18)15-27-22(31)17-9-12-30(13-10-17)23-26-11-8-21(29-23)28-20-7-2-1-6-19(20)25/h1-8,11,14,17H,9-10,12-13,15H2,(H,27,31)(H,26,28,29). The molecule has 2 heterocycles. The van der Waals surface area contributed by atoms with Crippen molar-refractivity contribution in [2.24, 2.45) is 5.92 Å². The van der Waals surface area contributed by atoms with Gasteiger partial charge in [-0.1, -0.05) is 47.5 Å². The predicted octanol–water partition coefficient (Wildman–Crippen LogP) is 5.06. The maximum absolute atomic E-state index is 12.6. The first-order chi connectivity index (χ1) is 15.1. The van der Waals surface area contributed by atoms with E-state index in [1.54, 1.807) is 6.20 Å². The van der Waals surface area contributed by atoms with Crippen LogP contribution in [0.5, 0.6) is 0 Å². The van der Waals surface area contributed by atoms with E-state index in [2.05, 4.69) is 25.5 Å². The van der Waals surface area contributed by atoms with Crippen LogP contribution in [0.3, 0.4) is 0 Å². The minimum Gasteiger partial charge on any atom is -0.352 e. The number of carbonyl (C=O) groups is 1. The van der Waals surface area contributed by atoms with Crippen molar-refractivity contribution < 1.29 is 4.79 Å². The second kappa shape index (κ2) is 9.98. The molecule has 2 N–H and O–H groups in total. The number of anilines is 3. The second-order valence-electron chi connectivity index (χ2n) is 7.46. The third kappa shape index (κ3) is 5.66. The largest absolute Gasteiger partial charge is 0.352 e. The zero-order chi connectivity index (χ0) is 21.6. The van der Waals surface area contributed by atoms with Gasteiger partial charge < -0.3 is 15.5 Å². The first-order valence-corrected chi connectivity index (χ1v) is 11.0. The van der Waals surface area contributed by atoms with Crippen LogP contribution in [0.15, 0.2) is 60.8 Å². The van der Waals surface area contributed by atoms with Crippen molar-refractivity contribution in [3.8, 4) is 0 Å². The molecule has 1 amide bonds. The van der Waals surface area contributed by atoms with E-state index in [4.69, 9.17) is 23.2 Å². The van der Waals surface area contributed by atoms with Crippen LogP contribution >= 0.6 is 23.2 Å². The van der Waals surface area contributed by atoms with Gasteiger partial charge in [0.25, 0.3) is 0 Å². The van der Waals surface area contributed by atoms with Gasteiger partial charge in [0, 0.05) is 36.8 Å². The van der Waals surface area contributed by atoms with Gasteiger partial charge in [0.1, 0.15) is 5.82 Å². The van der Waals surface area contributed by atoms with Crippen molar-refractivity contribution >= 4 is 46.6 Å². The molecular formula is C23H23Cl2N5O. The number of rotatable bonds is 6. The lowest BCUT2D eigenvalue weighted by Crippen LogP contribution is -2.41. The molecule has 1 aliphatic rings. The Morgan fingerprint density at radius 2 is 1.87 bits per heavy atom. The van der Waals surface area contributed by atoms with E-state index < -0.39 is 0 Å². The predicted molar refractivity (Wildman–Crippen MR) is 125 cm³/mol. The Labute approximate surface area is 191 Å². The molecule has 1 aromatic heterocycles. The first-order valence-electron chi connectivity index (χ1n) is 10.2. The molecule has 0 radical (unpaired) electrons. The molecule has 0 bridgehead atoms. The number of piperidine rings is 1. The quantitative estimate of drug-likeness (QED) is 0.543. The van der Waals surface area contributed by atoms with Crippen LogP contribution in [-0.2, 0) is 11.3 Å². The van der Waals surface area contributed by atoms with Gasteiger partial charge in [-0.3, -0.25) is 4.79 Å². The summed E-state index contributed by atoms with van der Waals surface area (Å²) in [5.41, 5.74) is 1.79. The lowest BCUT2D eigenvalue weighted by atomic mass is 9.96. The van der Waals surface area contributed by atoms with E-state index >= 15 is 0 Å². The Hall–Kier alpha value is -2.83. The van der Waals surface area contributed by atoms with Crippen LogP contribution < -0.4 is 15.5 Å². The van der Waals surface area contributed by atoms with Crippen molar-refractivity contribution in [2.45, 2.75) is 19.4 Å². The van der Waals surface area contributed by atoms with Crippen molar-refractivity contribution in [2.75, 3.05) is 23.3 Å². The van der Waals surface area contributed by atoms with Crippen molar-refractivity contribution in [1.82, 2.24) is 15.3 Å². The molecule has 0 atom stereocenters. The summed E-state index contributed by atoms with van der Waals surface area (Å²) >= 11 is 12.2. The number of hydrogen-bond acceptors (Lipinski definition) is 5. The Kier molecular flexibility index (Phi) is 6.89. The summed E-state index contributed by atoms with van der Waals surface area (Å²) in [6, 6.07) is 16.9. The topological polar surface area (TPSA) is 70.2 Å². The van der Waals surface area contributed by atoms with Crippen LogP contribution in [0.2, 0.25) is 10.0 Å². The van der Waals surface area contributed by atoms with Gasteiger partial charge in [0.05, 0.1) is 10.7 Å². The molecule has 8 heteroatoms. The smallest absolute Gasteiger partial charge is 0.227 e. The molecule has 0 spiro atoms. The van der Waals surface area contributed by atoms with Crippen LogP contribution in [0.25, 0.3) is 0 Å². The van der Waals surface area contributed by atoms with Gasteiger partial charge in [-0.25, -0.2) is 4.98 Å². The highest BCUT2D eigenvalue weighted by Gasteiger charge is 2.26. The molecular weight excluding hydrogens is 433 g/mol. The lowest BCUT2D eigenvalue weighted by molar-refractivity contribution is -0.125. The Morgan fingerprint density at radius 3 is 2.65 bits per heavy atom. The van der Waals surface area contributed by atoms with Crippen molar-refractivity contribution in [3.05, 3.63) is 76.4 Å². The van der Waals surface area contributed by atoms with E-state index in [-0.39, 0.29) is 11.8 Å². The van der Waals surface area contributed by atoms with Gasteiger partial charge in [-0.2, -0.15) is 4.98 Å². The average molecular weight is 456 g/mol. The van der Waals surface area contributed by atoms with E-state index in [1.165, 1.54) is 0 Å². The fourth-order valence-electron chi connectivity index (χ4n) is 3.59. The average Bonchev–Trinajstić information content (AvgIpc) is 2.79. The molecule has 1 fully saturated rings. The van der Waals surface area contributed by atoms with Gasteiger partial charge in [0.15, 0.2) is 0 Å². The number of carbonyl (C=O) groups excluding carboxylic acids is 1. The maximum atomic E-state index is 12.6. The van der Waals surface area contributed by atoms with Crippen LogP contribution in [0, 0.1) is 5.92 Å². The van der Waals surface area contributed by atoms with E-state index in [0.717, 1.165) is 37.2 Å². The van der Waals surface area contributed by atoms with Crippen LogP contribution in [0.4, 0.5) is 17.5 Å². The number of benzene rings is 2. The van der Waals surface area contributed by atoms with Gasteiger partial charge in [-0.15, -0.1) is 0 Å². The summed E-state index contributed by atoms with van der Waals surface area (Å²) in [4.78, 5) is 23.7. The summed E-state index contributed by atoms with van der Waals surface area (Å²) in [5, 5.41) is 7.56. The number of para-hydroxylation sites is 1. The van der Waals surface area contributed by atoms with Gasteiger partial charge in [-0.05, 0) is 48.7 Å². The van der Waals surface area contributed by atoms with E-state index in [1.807, 2.05) is 54.6 Å². The summed E-state index contributed by atoms with van der Waals surface area (Å²) in [7, 11) is 0. The Bertz CT molecular complexity index is 1050. The van der Waals surface area contributed by atoms with Gasteiger partial charge >= 0.3 is 0 Å². The third-order valence-electron chi connectivity index (χ3n) is 5.28. The Balaban J connectivity index is 1.31. The minimum absolute atomic E-state index is 0.0140. The normalized spacial score (nSPS) is 14.3. The van der Waals surface area contributed by atoms with E-state index in [9.17, 15) is 4.79 Å². The van der Waals surface area contributed by atoms with Crippen LogP contribution in [0.1, 0.15) is 18.4 Å². The number of aromatic nitrogens is 2. The fraction of sp³-hybridized carbons (Fsp3) is 0.261. The first kappa shape index (κ1) is 21.4. The molecule has 1 saturated heterocycles. The molecule has 2 aromatic carbocycles.